The molecule has 0 unspecified atom stereocenters. The van der Waals surface area contributed by atoms with Gasteiger partial charge in [-0.3, -0.25) is 0 Å². The zero-order valence-corrected chi connectivity index (χ0v) is 13.4. The van der Waals surface area contributed by atoms with Crippen LogP contribution in [-0.2, 0) is 16.3 Å². The maximum atomic E-state index is 6.02. The summed E-state index contributed by atoms with van der Waals surface area (Å²) >= 11 is 7.63. The first-order valence-electron chi connectivity index (χ1n) is 6.42. The van der Waals surface area contributed by atoms with E-state index in [0.29, 0.717) is 6.04 Å². The molecular formula is C13H20NOPS2. The molecule has 2 rings (SSSR count). The third kappa shape index (κ3) is 3.37. The highest BCUT2D eigenvalue weighted by atomic mass is 32.9. The second-order valence-electron chi connectivity index (χ2n) is 4.48. The van der Waals surface area contributed by atoms with Crippen LogP contribution in [0.1, 0.15) is 26.7 Å². The van der Waals surface area contributed by atoms with Gasteiger partial charge in [0.2, 0.25) is 0 Å². The van der Waals surface area contributed by atoms with Crippen molar-refractivity contribution in [3.05, 3.63) is 30.3 Å². The predicted molar refractivity (Wildman–Crippen MR) is 83.6 cm³/mol. The van der Waals surface area contributed by atoms with Gasteiger partial charge in [-0.05, 0) is 55.1 Å². The molecule has 2 nitrogen and oxygen atoms in total. The zero-order valence-electron chi connectivity index (χ0n) is 10.9. The van der Waals surface area contributed by atoms with Crippen LogP contribution in [0.25, 0.3) is 0 Å². The molecule has 1 fully saturated rings. The van der Waals surface area contributed by atoms with Crippen molar-refractivity contribution in [2.75, 3.05) is 13.2 Å². The van der Waals surface area contributed by atoms with E-state index < -0.39 is 5.62 Å². The Morgan fingerprint density at radius 1 is 1.44 bits per heavy atom. The maximum absolute atomic E-state index is 6.02. The standard InChI is InChI=1S/C13H20NOPS2/c1-3-12(2)14-10-7-11-15-16(14,17)18-13-8-5-4-6-9-13/h4-6,8-9,12H,3,7,10-11H2,1-2H3/t12-,16+/m1/s1. The minimum absolute atomic E-state index is 0.507. The van der Waals surface area contributed by atoms with Gasteiger partial charge in [-0.15, -0.1) is 0 Å². The van der Waals surface area contributed by atoms with Crippen molar-refractivity contribution in [3.63, 3.8) is 0 Å². The molecule has 0 radical (unpaired) electrons. The molecule has 1 aliphatic heterocycles. The molecule has 1 saturated heterocycles. The number of benzene rings is 1. The summed E-state index contributed by atoms with van der Waals surface area (Å²) in [4.78, 5) is 1.22. The van der Waals surface area contributed by atoms with E-state index in [4.69, 9.17) is 16.3 Å². The highest BCUT2D eigenvalue weighted by molar-refractivity contribution is 8.68. The Morgan fingerprint density at radius 3 is 2.83 bits per heavy atom. The van der Waals surface area contributed by atoms with Gasteiger partial charge in [0.15, 0.2) is 5.62 Å². The molecule has 1 aromatic carbocycles. The molecule has 1 aromatic rings. The monoisotopic (exact) mass is 301 g/mol. The van der Waals surface area contributed by atoms with Crippen LogP contribution in [0.2, 0.25) is 0 Å². The van der Waals surface area contributed by atoms with Gasteiger partial charge in [0.05, 0.1) is 6.61 Å². The smallest absolute Gasteiger partial charge is 0.193 e. The number of nitrogens with zero attached hydrogens (tertiary/aromatic N) is 1. The van der Waals surface area contributed by atoms with Gasteiger partial charge in [-0.2, -0.15) is 0 Å². The minimum Gasteiger partial charge on any atom is -0.330 e. The number of hydrogen-bond acceptors (Lipinski definition) is 3. The largest absolute Gasteiger partial charge is 0.330 e. The third-order valence-electron chi connectivity index (χ3n) is 3.16. The quantitative estimate of drug-likeness (QED) is 0.757. The Labute approximate surface area is 119 Å². The summed E-state index contributed by atoms with van der Waals surface area (Å²) < 4.78 is 8.44. The zero-order chi connectivity index (χ0) is 13.0. The van der Waals surface area contributed by atoms with Crippen LogP contribution in [-0.4, -0.2) is 23.9 Å². The first kappa shape index (κ1) is 14.5. The summed E-state index contributed by atoms with van der Waals surface area (Å²) in [5, 5.41) is 0. The van der Waals surface area contributed by atoms with Crippen molar-refractivity contribution >= 4 is 28.8 Å². The van der Waals surface area contributed by atoms with Gasteiger partial charge in [0.25, 0.3) is 0 Å². The average molecular weight is 301 g/mol. The van der Waals surface area contributed by atoms with Crippen molar-refractivity contribution in [1.29, 1.82) is 0 Å². The first-order valence-corrected chi connectivity index (χ1v) is 10.5. The van der Waals surface area contributed by atoms with E-state index in [9.17, 15) is 0 Å². The Morgan fingerprint density at radius 2 is 2.17 bits per heavy atom. The molecule has 0 N–H and O–H groups in total. The minimum atomic E-state index is -1.93. The number of hydrogen-bond donors (Lipinski definition) is 0. The van der Waals surface area contributed by atoms with Crippen LogP contribution in [0, 0.1) is 0 Å². The van der Waals surface area contributed by atoms with Gasteiger partial charge >= 0.3 is 0 Å². The molecular weight excluding hydrogens is 281 g/mol. The second kappa shape index (κ2) is 6.53. The normalized spacial score (nSPS) is 27.0. The van der Waals surface area contributed by atoms with Crippen molar-refractivity contribution in [2.24, 2.45) is 0 Å². The van der Waals surface area contributed by atoms with Crippen LogP contribution in [0.15, 0.2) is 35.2 Å². The van der Waals surface area contributed by atoms with Gasteiger partial charge < -0.3 is 4.52 Å². The van der Waals surface area contributed by atoms with Crippen LogP contribution in [0.5, 0.6) is 0 Å². The van der Waals surface area contributed by atoms with Crippen LogP contribution >= 0.6 is 17.0 Å². The molecule has 100 valence electrons. The Balaban J connectivity index is 2.18. The van der Waals surface area contributed by atoms with E-state index in [1.54, 1.807) is 11.4 Å². The van der Waals surface area contributed by atoms with E-state index in [0.717, 1.165) is 26.0 Å². The topological polar surface area (TPSA) is 12.5 Å². The maximum Gasteiger partial charge on any atom is 0.193 e. The summed E-state index contributed by atoms with van der Waals surface area (Å²) in [7, 11) is 0. The van der Waals surface area contributed by atoms with E-state index >= 15 is 0 Å². The van der Waals surface area contributed by atoms with E-state index in [1.807, 2.05) is 6.07 Å². The van der Waals surface area contributed by atoms with E-state index in [1.165, 1.54) is 4.90 Å². The lowest BCUT2D eigenvalue weighted by Crippen LogP contribution is -2.34. The third-order valence-corrected chi connectivity index (χ3v) is 9.50. The van der Waals surface area contributed by atoms with Crippen LogP contribution < -0.4 is 0 Å². The summed E-state index contributed by atoms with van der Waals surface area (Å²) in [6, 6.07) is 10.9. The molecule has 18 heavy (non-hydrogen) atoms. The lowest BCUT2D eigenvalue weighted by Gasteiger charge is -2.41. The fourth-order valence-electron chi connectivity index (χ4n) is 1.97. The molecule has 0 aromatic heterocycles. The van der Waals surface area contributed by atoms with Crippen LogP contribution in [0.3, 0.4) is 0 Å². The number of rotatable bonds is 4. The highest BCUT2D eigenvalue weighted by Gasteiger charge is 2.34. The fourth-order valence-corrected chi connectivity index (χ4v) is 8.53. The van der Waals surface area contributed by atoms with Gasteiger partial charge in [0.1, 0.15) is 0 Å². The lowest BCUT2D eigenvalue weighted by molar-refractivity contribution is 0.220. The molecule has 0 spiro atoms. The van der Waals surface area contributed by atoms with Crippen molar-refractivity contribution in [1.82, 2.24) is 4.67 Å². The molecule has 2 atom stereocenters. The first-order chi connectivity index (χ1) is 8.65. The SMILES string of the molecule is CC[C@@H](C)N1CCCO[P@@]1(=S)Sc1ccccc1. The summed E-state index contributed by atoms with van der Waals surface area (Å²) in [5.41, 5.74) is -1.93. The molecule has 1 aliphatic rings. The molecule has 5 heteroatoms. The fraction of sp³-hybridized carbons (Fsp3) is 0.538. The van der Waals surface area contributed by atoms with E-state index in [-0.39, 0.29) is 0 Å². The molecule has 0 bridgehead atoms. The highest BCUT2D eigenvalue weighted by Crippen LogP contribution is 2.67. The van der Waals surface area contributed by atoms with Crippen molar-refractivity contribution < 1.29 is 4.52 Å². The average Bonchev–Trinajstić information content (AvgIpc) is 2.39. The molecule has 0 saturated carbocycles. The predicted octanol–water partition coefficient (Wildman–Crippen LogP) is 4.52. The Bertz CT molecular complexity index is 426. The van der Waals surface area contributed by atoms with Crippen molar-refractivity contribution in [3.8, 4) is 0 Å². The molecule has 0 amide bonds. The second-order valence-corrected chi connectivity index (χ2v) is 11.1. The summed E-state index contributed by atoms with van der Waals surface area (Å²) in [6.45, 7) is 6.35. The van der Waals surface area contributed by atoms with Gasteiger partial charge in [-0.25, -0.2) is 4.67 Å². The summed E-state index contributed by atoms with van der Waals surface area (Å²) in [5.74, 6) is 0. The summed E-state index contributed by atoms with van der Waals surface area (Å²) in [6.07, 6.45) is 2.22. The van der Waals surface area contributed by atoms with Crippen molar-refractivity contribution in [2.45, 2.75) is 37.6 Å². The van der Waals surface area contributed by atoms with Gasteiger partial charge in [-0.1, -0.05) is 25.1 Å². The Kier molecular flexibility index (Phi) is 5.28. The van der Waals surface area contributed by atoms with Gasteiger partial charge in [0, 0.05) is 17.5 Å². The van der Waals surface area contributed by atoms with E-state index in [2.05, 4.69) is 42.8 Å². The molecule has 1 heterocycles. The lowest BCUT2D eigenvalue weighted by atomic mass is 10.2. The molecule has 0 aliphatic carbocycles. The Hall–Kier alpha value is 0.140. The van der Waals surface area contributed by atoms with Crippen LogP contribution in [0.4, 0.5) is 0 Å².